The molecule has 7 heteroatoms. The maximum absolute atomic E-state index is 12.4. The molecule has 3 aromatic heterocycles. The fourth-order valence-electron chi connectivity index (χ4n) is 2.98. The number of fused-ring (bicyclic) bond motifs is 1. The molecule has 0 unspecified atom stereocenters. The van der Waals surface area contributed by atoms with Crippen molar-refractivity contribution in [1.82, 2.24) is 24.8 Å². The molecular formula is C23H20N6O. The van der Waals surface area contributed by atoms with E-state index in [0.717, 1.165) is 22.2 Å². The summed E-state index contributed by atoms with van der Waals surface area (Å²) in [5, 5.41) is 3.76. The van der Waals surface area contributed by atoms with E-state index in [0.29, 0.717) is 5.69 Å². The Morgan fingerprint density at radius 2 is 1.97 bits per heavy atom. The molecule has 0 atom stereocenters. The largest absolute Gasteiger partial charge is 0.345 e. The van der Waals surface area contributed by atoms with Gasteiger partial charge >= 0.3 is 5.66 Å². The monoisotopic (exact) mass is 396 g/mol. The van der Waals surface area contributed by atoms with Gasteiger partial charge in [0.05, 0.1) is 23.4 Å². The first-order valence-electron chi connectivity index (χ1n) is 9.49. The van der Waals surface area contributed by atoms with E-state index in [-0.39, 0.29) is 18.1 Å². The van der Waals surface area contributed by atoms with Crippen LogP contribution in [0.15, 0.2) is 67.3 Å². The second-order valence-corrected chi connectivity index (χ2v) is 7.39. The van der Waals surface area contributed by atoms with E-state index < -0.39 is 5.66 Å². The Kier molecular flexibility index (Phi) is 4.98. The van der Waals surface area contributed by atoms with E-state index in [4.69, 9.17) is 11.6 Å². The van der Waals surface area contributed by atoms with Crippen LogP contribution in [0.1, 0.15) is 30.0 Å². The van der Waals surface area contributed by atoms with Gasteiger partial charge in [-0.1, -0.05) is 30.3 Å². The molecular weight excluding hydrogens is 376 g/mol. The van der Waals surface area contributed by atoms with Crippen LogP contribution in [0, 0.1) is 6.57 Å². The Balaban J connectivity index is 1.50. The SMILES string of the molecule is [C-]#[N+]C(C)(C)n1cnc(C(=O)NCc2cc3nc(-c4ccccc4)ccc3cn2)c1. The lowest BCUT2D eigenvalue weighted by atomic mass is 10.1. The molecule has 0 spiro atoms. The van der Waals surface area contributed by atoms with Crippen LogP contribution < -0.4 is 5.32 Å². The number of aromatic nitrogens is 4. The first-order valence-corrected chi connectivity index (χ1v) is 9.49. The molecule has 0 aliphatic heterocycles. The average molecular weight is 396 g/mol. The molecule has 1 N–H and O–H groups in total. The predicted molar refractivity (Wildman–Crippen MR) is 114 cm³/mol. The van der Waals surface area contributed by atoms with E-state index in [1.807, 2.05) is 48.5 Å². The highest BCUT2D eigenvalue weighted by molar-refractivity contribution is 5.92. The zero-order chi connectivity index (χ0) is 21.1. The van der Waals surface area contributed by atoms with Crippen molar-refractivity contribution in [3.63, 3.8) is 0 Å². The van der Waals surface area contributed by atoms with Crippen molar-refractivity contribution in [2.75, 3.05) is 0 Å². The lowest BCUT2D eigenvalue weighted by Gasteiger charge is -2.11. The zero-order valence-electron chi connectivity index (χ0n) is 16.7. The highest BCUT2D eigenvalue weighted by atomic mass is 16.1. The van der Waals surface area contributed by atoms with Crippen LogP contribution in [0.3, 0.4) is 0 Å². The van der Waals surface area contributed by atoms with Crippen LogP contribution >= 0.6 is 0 Å². The molecule has 1 amide bonds. The molecule has 0 fully saturated rings. The summed E-state index contributed by atoms with van der Waals surface area (Å²) in [6.07, 6.45) is 4.83. The highest BCUT2D eigenvalue weighted by Gasteiger charge is 2.26. The Hall–Kier alpha value is -4.05. The Morgan fingerprint density at radius 3 is 2.73 bits per heavy atom. The molecule has 0 bridgehead atoms. The third-order valence-electron chi connectivity index (χ3n) is 4.85. The maximum Gasteiger partial charge on any atom is 0.306 e. The van der Waals surface area contributed by atoms with E-state index in [2.05, 4.69) is 20.1 Å². The molecule has 0 radical (unpaired) electrons. The summed E-state index contributed by atoms with van der Waals surface area (Å²) in [7, 11) is 0. The number of benzene rings is 1. The van der Waals surface area contributed by atoms with Gasteiger partial charge in [-0.3, -0.25) is 19.2 Å². The number of amides is 1. The van der Waals surface area contributed by atoms with Gasteiger partial charge in [0.1, 0.15) is 12.0 Å². The molecule has 4 rings (SSSR count). The number of nitrogens with zero attached hydrogens (tertiary/aromatic N) is 5. The van der Waals surface area contributed by atoms with Crippen LogP contribution in [-0.2, 0) is 12.2 Å². The zero-order valence-corrected chi connectivity index (χ0v) is 16.7. The average Bonchev–Trinajstić information content (AvgIpc) is 3.29. The van der Waals surface area contributed by atoms with Crippen molar-refractivity contribution in [1.29, 1.82) is 0 Å². The van der Waals surface area contributed by atoms with Crippen LogP contribution in [-0.4, -0.2) is 25.4 Å². The van der Waals surface area contributed by atoms with Gasteiger partial charge in [-0.15, -0.1) is 0 Å². The third kappa shape index (κ3) is 3.89. The summed E-state index contributed by atoms with van der Waals surface area (Å²) in [6.45, 7) is 11.0. The second-order valence-electron chi connectivity index (χ2n) is 7.39. The lowest BCUT2D eigenvalue weighted by molar-refractivity contribution is 0.0945. The lowest BCUT2D eigenvalue weighted by Crippen LogP contribution is -2.24. The minimum Gasteiger partial charge on any atom is -0.345 e. The van der Waals surface area contributed by atoms with Crippen molar-refractivity contribution in [2.24, 2.45) is 0 Å². The quantitative estimate of drug-likeness (QED) is 0.517. The molecule has 4 aromatic rings. The molecule has 7 nitrogen and oxygen atoms in total. The molecule has 0 aliphatic carbocycles. The Bertz CT molecular complexity index is 1250. The number of rotatable bonds is 5. The minimum atomic E-state index is -0.784. The van der Waals surface area contributed by atoms with Crippen LogP contribution in [0.5, 0.6) is 0 Å². The molecule has 3 heterocycles. The predicted octanol–water partition coefficient (Wildman–Crippen LogP) is 4.04. The number of pyridine rings is 2. The maximum atomic E-state index is 12.4. The number of hydrogen-bond donors (Lipinski definition) is 1. The topological polar surface area (TPSA) is 77.1 Å². The number of carbonyl (C=O) groups is 1. The van der Waals surface area contributed by atoms with Crippen LogP contribution in [0.2, 0.25) is 0 Å². The van der Waals surface area contributed by atoms with Gasteiger partial charge in [-0.05, 0) is 18.2 Å². The fraction of sp³-hybridized carbons (Fsp3) is 0.174. The normalized spacial score (nSPS) is 11.2. The number of nitrogens with one attached hydrogen (secondary N) is 1. The Morgan fingerprint density at radius 1 is 1.17 bits per heavy atom. The van der Waals surface area contributed by atoms with Gasteiger partial charge in [0.2, 0.25) is 0 Å². The first-order chi connectivity index (χ1) is 14.5. The van der Waals surface area contributed by atoms with Gasteiger partial charge in [-0.25, -0.2) is 16.5 Å². The van der Waals surface area contributed by atoms with Crippen molar-refractivity contribution >= 4 is 16.8 Å². The van der Waals surface area contributed by atoms with Crippen molar-refractivity contribution in [2.45, 2.75) is 26.1 Å². The first kappa shape index (κ1) is 19.3. The van der Waals surface area contributed by atoms with Gasteiger partial charge < -0.3 is 5.32 Å². The Labute approximate surface area is 174 Å². The second kappa shape index (κ2) is 7.76. The summed E-state index contributed by atoms with van der Waals surface area (Å²) in [6, 6.07) is 15.8. The fourth-order valence-corrected chi connectivity index (χ4v) is 2.98. The standard InChI is InChI=1S/C23H20N6O/c1-23(2,24-3)29-14-21(27-15-29)22(30)26-13-18-11-20-17(12-25-18)9-10-19(28-20)16-7-5-4-6-8-16/h4-12,14-15H,13H2,1-2H3,(H,26,30). The van der Waals surface area contributed by atoms with Crippen molar-refractivity contribution < 1.29 is 4.79 Å². The van der Waals surface area contributed by atoms with Crippen molar-refractivity contribution in [3.8, 4) is 11.3 Å². The summed E-state index contributed by atoms with van der Waals surface area (Å²) in [4.78, 5) is 29.2. The molecule has 1 aromatic carbocycles. The van der Waals surface area contributed by atoms with E-state index in [1.165, 1.54) is 6.33 Å². The van der Waals surface area contributed by atoms with E-state index in [9.17, 15) is 4.79 Å². The summed E-state index contributed by atoms with van der Waals surface area (Å²) < 4.78 is 1.62. The van der Waals surface area contributed by atoms with Crippen LogP contribution in [0.25, 0.3) is 27.0 Å². The van der Waals surface area contributed by atoms with Gasteiger partial charge in [0, 0.05) is 37.2 Å². The summed E-state index contributed by atoms with van der Waals surface area (Å²) in [5.41, 5.74) is 2.93. The number of hydrogen-bond acceptors (Lipinski definition) is 4. The third-order valence-corrected chi connectivity index (χ3v) is 4.85. The van der Waals surface area contributed by atoms with E-state index in [1.54, 1.807) is 30.8 Å². The number of imidazole rings is 1. The van der Waals surface area contributed by atoms with Crippen molar-refractivity contribution in [3.05, 3.63) is 90.1 Å². The molecule has 148 valence electrons. The number of carbonyl (C=O) groups excluding carboxylic acids is 1. The summed E-state index contributed by atoms with van der Waals surface area (Å²) in [5.74, 6) is -0.317. The molecule has 30 heavy (non-hydrogen) atoms. The molecule has 0 aliphatic rings. The van der Waals surface area contributed by atoms with Crippen LogP contribution in [0.4, 0.5) is 0 Å². The van der Waals surface area contributed by atoms with Gasteiger partial charge in [-0.2, -0.15) is 0 Å². The highest BCUT2D eigenvalue weighted by Crippen LogP contribution is 2.21. The van der Waals surface area contributed by atoms with E-state index >= 15 is 0 Å². The van der Waals surface area contributed by atoms with Gasteiger partial charge in [0.15, 0.2) is 0 Å². The minimum absolute atomic E-state index is 0.255. The molecule has 0 saturated heterocycles. The smallest absolute Gasteiger partial charge is 0.306 e. The molecule has 0 saturated carbocycles. The summed E-state index contributed by atoms with van der Waals surface area (Å²) >= 11 is 0. The van der Waals surface area contributed by atoms with Gasteiger partial charge in [0.25, 0.3) is 5.91 Å².